The lowest BCUT2D eigenvalue weighted by Gasteiger charge is -2.01. The van der Waals surface area contributed by atoms with Crippen LogP contribution in [0.3, 0.4) is 0 Å². The maximum atomic E-state index is 9.22. The van der Waals surface area contributed by atoms with Crippen molar-refractivity contribution in [3.8, 4) is 6.07 Å². The molecule has 0 aromatic heterocycles. The van der Waals surface area contributed by atoms with Crippen molar-refractivity contribution in [3.05, 3.63) is 69.2 Å². The molecule has 120 valence electrons. The summed E-state index contributed by atoms with van der Waals surface area (Å²) in [6, 6.07) is 13.0. The number of halogens is 2. The van der Waals surface area contributed by atoms with Gasteiger partial charge >= 0.3 is 0 Å². The van der Waals surface area contributed by atoms with Crippen LogP contribution >= 0.6 is 23.2 Å². The molecular formula is C18H14Cl2N4. The Hall–Kier alpha value is -2.61. The molecule has 2 N–H and O–H groups in total. The van der Waals surface area contributed by atoms with Crippen molar-refractivity contribution in [1.29, 1.82) is 5.26 Å². The third-order valence-corrected chi connectivity index (χ3v) is 3.51. The van der Waals surface area contributed by atoms with Gasteiger partial charge < -0.3 is 5.73 Å². The lowest BCUT2D eigenvalue weighted by Crippen LogP contribution is -1.87. The van der Waals surface area contributed by atoms with E-state index in [1.54, 1.807) is 18.2 Å². The number of nitriles is 1. The van der Waals surface area contributed by atoms with Gasteiger partial charge in [-0.3, -0.25) is 0 Å². The second-order valence-electron chi connectivity index (χ2n) is 4.82. The Kier molecular flexibility index (Phi) is 6.56. The van der Waals surface area contributed by atoms with Crippen molar-refractivity contribution in [2.24, 2.45) is 15.7 Å². The van der Waals surface area contributed by atoms with Gasteiger partial charge in [-0.1, -0.05) is 41.4 Å². The zero-order valence-corrected chi connectivity index (χ0v) is 14.2. The van der Waals surface area contributed by atoms with Crippen molar-refractivity contribution >= 4 is 47.6 Å². The average molecular weight is 357 g/mol. The van der Waals surface area contributed by atoms with Crippen LogP contribution in [0.1, 0.15) is 16.7 Å². The summed E-state index contributed by atoms with van der Waals surface area (Å²) in [5, 5.41) is 10.4. The van der Waals surface area contributed by atoms with Crippen molar-refractivity contribution < 1.29 is 0 Å². The summed E-state index contributed by atoms with van der Waals surface area (Å²) in [4.78, 5) is 7.75. The van der Waals surface area contributed by atoms with Gasteiger partial charge in [0.25, 0.3) is 0 Å². The molecule has 0 radical (unpaired) electrons. The fourth-order valence-corrected chi connectivity index (χ4v) is 2.62. The molecule has 0 fully saturated rings. The molecule has 0 spiro atoms. The van der Waals surface area contributed by atoms with E-state index in [0.29, 0.717) is 27.7 Å². The molecule has 0 aliphatic rings. The summed E-state index contributed by atoms with van der Waals surface area (Å²) in [6.45, 7) is 0. The average Bonchev–Trinajstić information content (AvgIpc) is 2.55. The van der Waals surface area contributed by atoms with Crippen LogP contribution in [0.2, 0.25) is 10.0 Å². The van der Waals surface area contributed by atoms with Crippen molar-refractivity contribution in [3.63, 3.8) is 0 Å². The fourth-order valence-electron chi connectivity index (χ4n) is 2.05. The zero-order chi connectivity index (χ0) is 17.4. The molecule has 6 heteroatoms. The van der Waals surface area contributed by atoms with Crippen molar-refractivity contribution in [2.45, 2.75) is 6.42 Å². The Balaban J connectivity index is 2.13. The Morgan fingerprint density at radius 1 is 1.12 bits per heavy atom. The number of allylic oxidation sites excluding steroid dienone is 1. The van der Waals surface area contributed by atoms with Crippen LogP contribution in [0, 0.1) is 11.3 Å². The highest BCUT2D eigenvalue weighted by molar-refractivity contribution is 6.34. The Morgan fingerprint density at radius 2 is 1.88 bits per heavy atom. The number of benzene rings is 2. The van der Waals surface area contributed by atoms with E-state index in [2.05, 4.69) is 16.1 Å². The van der Waals surface area contributed by atoms with E-state index in [1.165, 1.54) is 6.34 Å². The number of hydrogen-bond acceptors (Lipinski definition) is 2. The molecule has 0 saturated heterocycles. The van der Waals surface area contributed by atoms with E-state index >= 15 is 0 Å². The molecule has 24 heavy (non-hydrogen) atoms. The molecule has 0 amide bonds. The Bertz CT molecular complexity index is 828. The monoisotopic (exact) mass is 356 g/mol. The molecule has 2 aromatic rings. The number of nitrogens with two attached hydrogens (primary N) is 1. The van der Waals surface area contributed by atoms with Gasteiger partial charge in [0.05, 0.1) is 17.6 Å². The predicted octanol–water partition coefficient (Wildman–Crippen LogP) is 4.77. The first-order valence-corrected chi connectivity index (χ1v) is 7.79. The standard InChI is InChI=1S/C18H14Cl2N4/c19-16-7-14(8-17(20)9-16)3-1-2-13-4-5-18(15(6-13)10-21)24-12-23-11-22/h1-2,4-9,11-12H,3H2,(H2,22,23,24)/b2-1+. The SMILES string of the molecule is N#Cc1cc(/C=C/Cc2cc(Cl)cc(Cl)c2)ccc1N=CN=CN. The third-order valence-electron chi connectivity index (χ3n) is 3.08. The van der Waals surface area contributed by atoms with Gasteiger partial charge in [0.2, 0.25) is 0 Å². The highest BCUT2D eigenvalue weighted by atomic mass is 35.5. The number of nitrogens with zero attached hydrogens (tertiary/aromatic N) is 3. The molecule has 2 aromatic carbocycles. The van der Waals surface area contributed by atoms with Crippen molar-refractivity contribution in [1.82, 2.24) is 0 Å². The van der Waals surface area contributed by atoms with Crippen LogP contribution in [-0.2, 0) is 6.42 Å². The summed E-state index contributed by atoms with van der Waals surface area (Å²) < 4.78 is 0. The van der Waals surface area contributed by atoms with Crippen LogP contribution in [0.5, 0.6) is 0 Å². The second kappa shape index (κ2) is 8.88. The van der Waals surface area contributed by atoms with Gasteiger partial charge in [0.1, 0.15) is 12.4 Å². The first-order chi connectivity index (χ1) is 11.6. The van der Waals surface area contributed by atoms with E-state index in [9.17, 15) is 5.26 Å². The maximum Gasteiger partial charge on any atom is 0.117 e. The van der Waals surface area contributed by atoms with Gasteiger partial charge in [0, 0.05) is 10.0 Å². The molecule has 0 atom stereocenters. The third kappa shape index (κ3) is 5.24. The zero-order valence-electron chi connectivity index (χ0n) is 12.7. The molecular weight excluding hydrogens is 343 g/mol. The maximum absolute atomic E-state index is 9.22. The molecule has 0 aliphatic heterocycles. The minimum atomic E-state index is 0.464. The van der Waals surface area contributed by atoms with Crippen LogP contribution in [-0.4, -0.2) is 12.7 Å². The van der Waals surface area contributed by atoms with E-state index < -0.39 is 0 Å². The lowest BCUT2D eigenvalue weighted by atomic mass is 10.1. The Morgan fingerprint density at radius 3 is 2.54 bits per heavy atom. The molecule has 0 saturated carbocycles. The number of aliphatic imine (C=N–C) groups is 2. The first kappa shape index (κ1) is 17.7. The quantitative estimate of drug-likeness (QED) is 0.618. The molecule has 0 bridgehead atoms. The summed E-state index contributed by atoms with van der Waals surface area (Å²) in [7, 11) is 0. The van der Waals surface area contributed by atoms with Crippen LogP contribution in [0.15, 0.2) is 52.5 Å². The molecule has 2 rings (SSSR count). The smallest absolute Gasteiger partial charge is 0.117 e. The summed E-state index contributed by atoms with van der Waals surface area (Å²) in [5.41, 5.74) is 8.07. The van der Waals surface area contributed by atoms with Crippen LogP contribution in [0.4, 0.5) is 5.69 Å². The summed E-state index contributed by atoms with van der Waals surface area (Å²) >= 11 is 12.0. The number of rotatable bonds is 5. The normalized spacial score (nSPS) is 11.5. The second-order valence-corrected chi connectivity index (χ2v) is 5.69. The van der Waals surface area contributed by atoms with Crippen molar-refractivity contribution in [2.75, 3.05) is 0 Å². The molecule has 4 nitrogen and oxygen atoms in total. The topological polar surface area (TPSA) is 74.5 Å². The minimum absolute atomic E-state index is 0.464. The molecule has 0 heterocycles. The fraction of sp³-hybridized carbons (Fsp3) is 0.0556. The van der Waals surface area contributed by atoms with Gasteiger partial charge in [-0.05, 0) is 47.9 Å². The van der Waals surface area contributed by atoms with Gasteiger partial charge in [-0.2, -0.15) is 5.26 Å². The highest BCUT2D eigenvalue weighted by Crippen LogP contribution is 2.22. The highest BCUT2D eigenvalue weighted by Gasteiger charge is 2.01. The van der Waals surface area contributed by atoms with Crippen LogP contribution < -0.4 is 5.73 Å². The van der Waals surface area contributed by atoms with Crippen LogP contribution in [0.25, 0.3) is 6.08 Å². The minimum Gasteiger partial charge on any atom is -0.390 e. The predicted molar refractivity (Wildman–Crippen MR) is 101 cm³/mol. The lowest BCUT2D eigenvalue weighted by molar-refractivity contribution is 1.28. The van der Waals surface area contributed by atoms with Gasteiger partial charge in [-0.25, -0.2) is 9.98 Å². The summed E-state index contributed by atoms with van der Waals surface area (Å²) in [6.07, 6.45) is 7.04. The van der Waals surface area contributed by atoms with Gasteiger partial charge in [0.15, 0.2) is 0 Å². The number of hydrogen-bond donors (Lipinski definition) is 1. The van der Waals surface area contributed by atoms with Gasteiger partial charge in [-0.15, -0.1) is 0 Å². The van der Waals surface area contributed by atoms with E-state index in [-0.39, 0.29) is 0 Å². The summed E-state index contributed by atoms with van der Waals surface area (Å²) in [5.74, 6) is 0. The van der Waals surface area contributed by atoms with E-state index in [4.69, 9.17) is 28.9 Å². The molecule has 0 aliphatic carbocycles. The van der Waals surface area contributed by atoms with E-state index in [1.807, 2.05) is 30.4 Å². The largest absolute Gasteiger partial charge is 0.390 e. The first-order valence-electron chi connectivity index (χ1n) is 7.04. The molecule has 0 unspecified atom stereocenters. The van der Waals surface area contributed by atoms with E-state index in [0.717, 1.165) is 17.5 Å². The Labute approximate surface area is 150 Å².